The molecule has 1 saturated heterocycles. The summed E-state index contributed by atoms with van der Waals surface area (Å²) in [6, 6.07) is 7.34. The SMILES string of the molecule is CC(C)c1noc(-c2ccc(NC(=O)[C@@H]3CCCO3)cc2)n1. The lowest BCUT2D eigenvalue weighted by Crippen LogP contribution is -2.26. The van der Waals surface area contributed by atoms with Crippen molar-refractivity contribution < 1.29 is 14.1 Å². The maximum atomic E-state index is 12.0. The summed E-state index contributed by atoms with van der Waals surface area (Å²) in [5, 5.41) is 6.80. The Hall–Kier alpha value is -2.21. The van der Waals surface area contributed by atoms with E-state index in [1.807, 2.05) is 38.1 Å². The minimum Gasteiger partial charge on any atom is -0.368 e. The minimum absolute atomic E-state index is 0.0925. The third-order valence-corrected chi connectivity index (χ3v) is 3.58. The summed E-state index contributed by atoms with van der Waals surface area (Å²) in [4.78, 5) is 16.3. The summed E-state index contributed by atoms with van der Waals surface area (Å²) in [7, 11) is 0. The van der Waals surface area contributed by atoms with Crippen LogP contribution >= 0.6 is 0 Å². The molecule has 6 nitrogen and oxygen atoms in total. The Morgan fingerprint density at radius 2 is 2.09 bits per heavy atom. The molecular formula is C16H19N3O3. The normalized spacial score (nSPS) is 17.9. The van der Waals surface area contributed by atoms with Gasteiger partial charge in [0.15, 0.2) is 5.82 Å². The fraction of sp³-hybridized carbons (Fsp3) is 0.438. The van der Waals surface area contributed by atoms with Crippen molar-refractivity contribution in [2.45, 2.75) is 38.7 Å². The van der Waals surface area contributed by atoms with Gasteiger partial charge < -0.3 is 14.6 Å². The van der Waals surface area contributed by atoms with Gasteiger partial charge in [0.1, 0.15) is 6.10 Å². The van der Waals surface area contributed by atoms with E-state index < -0.39 is 0 Å². The van der Waals surface area contributed by atoms with Gasteiger partial charge in [0.25, 0.3) is 11.8 Å². The van der Waals surface area contributed by atoms with Crippen molar-refractivity contribution in [3.63, 3.8) is 0 Å². The number of hydrogen-bond acceptors (Lipinski definition) is 5. The minimum atomic E-state index is -0.329. The third-order valence-electron chi connectivity index (χ3n) is 3.58. The quantitative estimate of drug-likeness (QED) is 0.939. The van der Waals surface area contributed by atoms with Gasteiger partial charge in [0.05, 0.1) is 0 Å². The molecular weight excluding hydrogens is 282 g/mol. The smallest absolute Gasteiger partial charge is 0.257 e. The number of carbonyl (C=O) groups is 1. The van der Waals surface area contributed by atoms with Crippen molar-refractivity contribution in [3.05, 3.63) is 30.1 Å². The van der Waals surface area contributed by atoms with Crippen LogP contribution in [0.15, 0.2) is 28.8 Å². The van der Waals surface area contributed by atoms with Crippen LogP contribution in [-0.2, 0) is 9.53 Å². The van der Waals surface area contributed by atoms with Gasteiger partial charge in [-0.15, -0.1) is 0 Å². The Morgan fingerprint density at radius 3 is 2.68 bits per heavy atom. The molecule has 1 atom stereocenters. The van der Waals surface area contributed by atoms with Gasteiger partial charge in [-0.1, -0.05) is 19.0 Å². The zero-order chi connectivity index (χ0) is 15.5. The zero-order valence-corrected chi connectivity index (χ0v) is 12.7. The van der Waals surface area contributed by atoms with Gasteiger partial charge in [0.2, 0.25) is 0 Å². The number of nitrogens with zero attached hydrogens (tertiary/aromatic N) is 2. The number of rotatable bonds is 4. The summed E-state index contributed by atoms with van der Waals surface area (Å²) < 4.78 is 10.6. The van der Waals surface area contributed by atoms with E-state index in [9.17, 15) is 4.79 Å². The van der Waals surface area contributed by atoms with Crippen LogP contribution in [0, 0.1) is 0 Å². The van der Waals surface area contributed by atoms with Gasteiger partial charge in [-0.3, -0.25) is 4.79 Å². The van der Waals surface area contributed by atoms with E-state index in [1.165, 1.54) is 0 Å². The Bertz CT molecular complexity index is 643. The summed E-state index contributed by atoms with van der Waals surface area (Å²) >= 11 is 0. The van der Waals surface area contributed by atoms with Crippen molar-refractivity contribution in [3.8, 4) is 11.5 Å². The van der Waals surface area contributed by atoms with E-state index in [2.05, 4.69) is 15.5 Å². The molecule has 2 aromatic rings. The number of amides is 1. The van der Waals surface area contributed by atoms with Crippen molar-refractivity contribution in [2.24, 2.45) is 0 Å². The molecule has 1 amide bonds. The second-order valence-corrected chi connectivity index (χ2v) is 5.68. The number of carbonyl (C=O) groups excluding carboxylic acids is 1. The van der Waals surface area contributed by atoms with Gasteiger partial charge in [-0.25, -0.2) is 0 Å². The van der Waals surface area contributed by atoms with Crippen LogP contribution in [-0.4, -0.2) is 28.8 Å². The molecule has 0 unspecified atom stereocenters. The molecule has 1 N–H and O–H groups in total. The first kappa shape index (κ1) is 14.7. The first-order valence-electron chi connectivity index (χ1n) is 7.50. The highest BCUT2D eigenvalue weighted by Gasteiger charge is 2.23. The lowest BCUT2D eigenvalue weighted by Gasteiger charge is -2.10. The third kappa shape index (κ3) is 3.17. The summed E-state index contributed by atoms with van der Waals surface area (Å²) in [6.07, 6.45) is 1.39. The number of anilines is 1. The maximum Gasteiger partial charge on any atom is 0.257 e. The second kappa shape index (κ2) is 6.27. The average molecular weight is 301 g/mol. The van der Waals surface area contributed by atoms with Gasteiger partial charge in [-0.2, -0.15) is 4.98 Å². The lowest BCUT2D eigenvalue weighted by molar-refractivity contribution is -0.124. The van der Waals surface area contributed by atoms with Crippen LogP contribution in [0.4, 0.5) is 5.69 Å². The predicted octanol–water partition coefficient (Wildman–Crippen LogP) is 2.98. The molecule has 0 saturated carbocycles. The van der Waals surface area contributed by atoms with E-state index in [1.54, 1.807) is 0 Å². The lowest BCUT2D eigenvalue weighted by atomic mass is 10.2. The van der Waals surface area contributed by atoms with Crippen molar-refractivity contribution in [1.82, 2.24) is 10.1 Å². The molecule has 6 heteroatoms. The van der Waals surface area contributed by atoms with Crippen LogP contribution in [0.3, 0.4) is 0 Å². The highest BCUT2D eigenvalue weighted by atomic mass is 16.5. The van der Waals surface area contributed by atoms with Gasteiger partial charge >= 0.3 is 0 Å². The van der Waals surface area contributed by atoms with Crippen LogP contribution in [0.2, 0.25) is 0 Å². The number of hydrogen-bond donors (Lipinski definition) is 1. The van der Waals surface area contributed by atoms with E-state index in [0.29, 0.717) is 18.3 Å². The molecule has 2 heterocycles. The Balaban J connectivity index is 1.67. The number of ether oxygens (including phenoxy) is 1. The van der Waals surface area contributed by atoms with E-state index >= 15 is 0 Å². The molecule has 0 aliphatic carbocycles. The topological polar surface area (TPSA) is 77.2 Å². The number of benzene rings is 1. The van der Waals surface area contributed by atoms with Crippen molar-refractivity contribution >= 4 is 11.6 Å². The molecule has 1 aliphatic rings. The van der Waals surface area contributed by atoms with Gasteiger partial charge in [0, 0.05) is 23.8 Å². The van der Waals surface area contributed by atoms with Crippen LogP contribution in [0.25, 0.3) is 11.5 Å². The molecule has 0 radical (unpaired) electrons. The molecule has 0 bridgehead atoms. The monoisotopic (exact) mass is 301 g/mol. The average Bonchev–Trinajstić information content (AvgIpc) is 3.20. The second-order valence-electron chi connectivity index (χ2n) is 5.68. The first-order chi connectivity index (χ1) is 10.6. The van der Waals surface area contributed by atoms with E-state index in [-0.39, 0.29) is 17.9 Å². The van der Waals surface area contributed by atoms with Crippen molar-refractivity contribution in [2.75, 3.05) is 11.9 Å². The van der Waals surface area contributed by atoms with E-state index in [0.717, 1.165) is 24.1 Å². The van der Waals surface area contributed by atoms with Crippen LogP contribution in [0.5, 0.6) is 0 Å². The fourth-order valence-electron chi connectivity index (χ4n) is 2.29. The summed E-state index contributed by atoms with van der Waals surface area (Å²) in [5.41, 5.74) is 1.56. The van der Waals surface area contributed by atoms with Crippen LogP contribution < -0.4 is 5.32 Å². The predicted molar refractivity (Wildman–Crippen MR) is 81.4 cm³/mol. The summed E-state index contributed by atoms with van der Waals surface area (Å²) in [6.45, 7) is 4.68. The molecule has 1 aromatic carbocycles. The van der Waals surface area contributed by atoms with Gasteiger partial charge in [-0.05, 0) is 37.1 Å². The summed E-state index contributed by atoms with van der Waals surface area (Å²) in [5.74, 6) is 1.30. The highest BCUT2D eigenvalue weighted by Crippen LogP contribution is 2.22. The van der Waals surface area contributed by atoms with Crippen LogP contribution in [0.1, 0.15) is 38.4 Å². The Kier molecular flexibility index (Phi) is 4.20. The zero-order valence-electron chi connectivity index (χ0n) is 12.7. The van der Waals surface area contributed by atoms with E-state index in [4.69, 9.17) is 9.26 Å². The molecule has 3 rings (SSSR count). The molecule has 1 aromatic heterocycles. The Labute approximate surface area is 128 Å². The maximum absolute atomic E-state index is 12.0. The number of nitrogens with one attached hydrogen (secondary N) is 1. The molecule has 22 heavy (non-hydrogen) atoms. The molecule has 0 spiro atoms. The Morgan fingerprint density at radius 1 is 1.32 bits per heavy atom. The standard InChI is InChI=1S/C16H19N3O3/c1-10(2)14-18-16(22-19-14)11-5-7-12(8-6-11)17-15(20)13-4-3-9-21-13/h5-8,10,13H,3-4,9H2,1-2H3,(H,17,20)/t13-/m0/s1. The number of aromatic nitrogens is 2. The highest BCUT2D eigenvalue weighted by molar-refractivity contribution is 5.94. The molecule has 116 valence electrons. The largest absolute Gasteiger partial charge is 0.368 e. The first-order valence-corrected chi connectivity index (χ1v) is 7.50. The fourth-order valence-corrected chi connectivity index (χ4v) is 2.29. The molecule has 1 fully saturated rings. The van der Waals surface area contributed by atoms with Crippen molar-refractivity contribution in [1.29, 1.82) is 0 Å². The molecule has 1 aliphatic heterocycles.